The number of carbonyl (C=O) groups excluding carboxylic acids is 1. The average Bonchev–Trinajstić information content (AvgIpc) is 2.65. The van der Waals surface area contributed by atoms with E-state index in [-0.39, 0.29) is 12.6 Å². The van der Waals surface area contributed by atoms with Crippen molar-refractivity contribution in [2.45, 2.75) is 58.2 Å². The lowest BCUT2D eigenvalue weighted by Crippen LogP contribution is -2.24. The number of unbranched alkanes of at least 4 members (excludes halogenated alkanes) is 1. The standard InChI is InChI=1S/C13H24O4/c1-9(2)5-3-4-6-12(15)11-7-10(8-14)17-13(11)16/h9-12,14-15H,3-8H2,1-2H3. The van der Waals surface area contributed by atoms with Gasteiger partial charge in [0.2, 0.25) is 0 Å². The molecule has 2 N–H and O–H groups in total. The van der Waals surface area contributed by atoms with Crippen LogP contribution in [0, 0.1) is 11.8 Å². The van der Waals surface area contributed by atoms with Crippen LogP contribution in [-0.4, -0.2) is 35.0 Å². The highest BCUT2D eigenvalue weighted by molar-refractivity contribution is 5.75. The van der Waals surface area contributed by atoms with Crippen LogP contribution < -0.4 is 0 Å². The Morgan fingerprint density at radius 3 is 2.53 bits per heavy atom. The molecule has 1 fully saturated rings. The Bertz CT molecular complexity index is 240. The molecule has 0 aromatic rings. The number of ether oxygens (including phenoxy) is 1. The van der Waals surface area contributed by atoms with Crippen LogP contribution in [0.15, 0.2) is 0 Å². The number of hydrogen-bond donors (Lipinski definition) is 2. The Kier molecular flexibility index (Phi) is 5.92. The molecule has 4 nitrogen and oxygen atoms in total. The SMILES string of the molecule is CC(C)CCCCC(O)C1CC(CO)OC1=O. The minimum atomic E-state index is -0.619. The fourth-order valence-corrected chi connectivity index (χ4v) is 2.21. The number of aliphatic hydroxyl groups excluding tert-OH is 2. The van der Waals surface area contributed by atoms with E-state index in [9.17, 15) is 9.90 Å². The van der Waals surface area contributed by atoms with Gasteiger partial charge in [0.25, 0.3) is 0 Å². The molecule has 1 heterocycles. The highest BCUT2D eigenvalue weighted by Gasteiger charge is 2.38. The van der Waals surface area contributed by atoms with Gasteiger partial charge in [-0.2, -0.15) is 0 Å². The monoisotopic (exact) mass is 244 g/mol. The van der Waals surface area contributed by atoms with Gasteiger partial charge in [0.05, 0.1) is 18.6 Å². The molecule has 0 aliphatic carbocycles. The third kappa shape index (κ3) is 4.64. The summed E-state index contributed by atoms with van der Waals surface area (Å²) in [5.74, 6) is -0.117. The van der Waals surface area contributed by atoms with Crippen molar-refractivity contribution in [1.82, 2.24) is 0 Å². The van der Waals surface area contributed by atoms with E-state index in [0.29, 0.717) is 18.8 Å². The zero-order valence-corrected chi connectivity index (χ0v) is 10.8. The first-order valence-corrected chi connectivity index (χ1v) is 6.54. The summed E-state index contributed by atoms with van der Waals surface area (Å²) >= 11 is 0. The van der Waals surface area contributed by atoms with Gasteiger partial charge >= 0.3 is 5.97 Å². The fraction of sp³-hybridized carbons (Fsp3) is 0.923. The molecule has 0 saturated carbocycles. The molecule has 3 unspecified atom stereocenters. The van der Waals surface area contributed by atoms with Gasteiger partial charge in [-0.1, -0.05) is 33.1 Å². The summed E-state index contributed by atoms with van der Waals surface area (Å²) in [6.45, 7) is 4.20. The van der Waals surface area contributed by atoms with Gasteiger partial charge in [-0.05, 0) is 12.3 Å². The summed E-state index contributed by atoms with van der Waals surface area (Å²) in [4.78, 5) is 11.4. The van der Waals surface area contributed by atoms with E-state index in [1.54, 1.807) is 0 Å². The van der Waals surface area contributed by atoms with Gasteiger partial charge in [0, 0.05) is 6.42 Å². The van der Waals surface area contributed by atoms with Crippen LogP contribution in [-0.2, 0) is 9.53 Å². The molecule has 17 heavy (non-hydrogen) atoms. The van der Waals surface area contributed by atoms with Gasteiger partial charge in [-0.15, -0.1) is 0 Å². The van der Waals surface area contributed by atoms with Crippen molar-refractivity contribution in [2.75, 3.05) is 6.61 Å². The largest absolute Gasteiger partial charge is 0.460 e. The lowest BCUT2D eigenvalue weighted by molar-refractivity contribution is -0.147. The second-order valence-electron chi connectivity index (χ2n) is 5.33. The van der Waals surface area contributed by atoms with Crippen LogP contribution >= 0.6 is 0 Å². The van der Waals surface area contributed by atoms with Gasteiger partial charge in [-0.3, -0.25) is 4.79 Å². The molecule has 0 amide bonds. The highest BCUT2D eigenvalue weighted by atomic mass is 16.6. The maximum atomic E-state index is 11.4. The molecule has 0 radical (unpaired) electrons. The molecule has 4 heteroatoms. The van der Waals surface area contributed by atoms with Crippen LogP contribution in [0.25, 0.3) is 0 Å². The predicted molar refractivity (Wildman–Crippen MR) is 64.4 cm³/mol. The number of hydrogen-bond acceptors (Lipinski definition) is 4. The smallest absolute Gasteiger partial charge is 0.312 e. The molecule has 1 saturated heterocycles. The van der Waals surface area contributed by atoms with E-state index in [0.717, 1.165) is 19.3 Å². The Labute approximate surface area is 103 Å². The first kappa shape index (κ1) is 14.5. The van der Waals surface area contributed by atoms with Crippen LogP contribution in [0.2, 0.25) is 0 Å². The first-order valence-electron chi connectivity index (χ1n) is 6.54. The van der Waals surface area contributed by atoms with Gasteiger partial charge in [0.1, 0.15) is 6.10 Å². The van der Waals surface area contributed by atoms with E-state index in [1.165, 1.54) is 0 Å². The second-order valence-corrected chi connectivity index (χ2v) is 5.33. The number of aliphatic hydroxyl groups is 2. The number of carbonyl (C=O) groups is 1. The van der Waals surface area contributed by atoms with Crippen molar-refractivity contribution in [3.63, 3.8) is 0 Å². The van der Waals surface area contributed by atoms with Crippen LogP contribution in [0.3, 0.4) is 0 Å². The molecule has 0 aromatic heterocycles. The van der Waals surface area contributed by atoms with E-state index in [2.05, 4.69) is 13.8 Å². The summed E-state index contributed by atoms with van der Waals surface area (Å²) in [6, 6.07) is 0. The van der Waals surface area contributed by atoms with E-state index in [1.807, 2.05) is 0 Å². The number of esters is 1. The lowest BCUT2D eigenvalue weighted by Gasteiger charge is -2.14. The average molecular weight is 244 g/mol. The molecule has 3 atom stereocenters. The summed E-state index contributed by atoms with van der Waals surface area (Å²) in [7, 11) is 0. The molecule has 100 valence electrons. The van der Waals surface area contributed by atoms with E-state index in [4.69, 9.17) is 9.84 Å². The molecule has 0 spiro atoms. The molecular weight excluding hydrogens is 220 g/mol. The zero-order chi connectivity index (χ0) is 12.8. The molecule has 1 rings (SSSR count). The Balaban J connectivity index is 2.23. The second kappa shape index (κ2) is 6.97. The summed E-state index contributed by atoms with van der Waals surface area (Å²) in [6.07, 6.45) is 3.23. The third-order valence-electron chi connectivity index (χ3n) is 3.30. The fourth-order valence-electron chi connectivity index (χ4n) is 2.21. The maximum absolute atomic E-state index is 11.4. The summed E-state index contributed by atoms with van der Waals surface area (Å²) < 4.78 is 4.94. The molecule has 0 bridgehead atoms. The van der Waals surface area contributed by atoms with E-state index >= 15 is 0 Å². The van der Waals surface area contributed by atoms with Gasteiger partial charge < -0.3 is 14.9 Å². The lowest BCUT2D eigenvalue weighted by atomic mass is 9.93. The minimum absolute atomic E-state index is 0.150. The van der Waals surface area contributed by atoms with Crippen molar-refractivity contribution in [3.05, 3.63) is 0 Å². The van der Waals surface area contributed by atoms with Crippen molar-refractivity contribution in [2.24, 2.45) is 11.8 Å². The van der Waals surface area contributed by atoms with Crippen molar-refractivity contribution in [3.8, 4) is 0 Å². The first-order chi connectivity index (χ1) is 8.04. The van der Waals surface area contributed by atoms with Crippen molar-refractivity contribution < 1.29 is 19.7 Å². The van der Waals surface area contributed by atoms with Crippen molar-refractivity contribution in [1.29, 1.82) is 0 Å². The van der Waals surface area contributed by atoms with Crippen LogP contribution in [0.4, 0.5) is 0 Å². The molecule has 1 aliphatic rings. The Hall–Kier alpha value is -0.610. The quantitative estimate of drug-likeness (QED) is 0.526. The van der Waals surface area contributed by atoms with Crippen LogP contribution in [0.5, 0.6) is 0 Å². The molecule has 0 aromatic carbocycles. The Morgan fingerprint density at radius 1 is 1.35 bits per heavy atom. The molecule has 1 aliphatic heterocycles. The minimum Gasteiger partial charge on any atom is -0.460 e. The van der Waals surface area contributed by atoms with Gasteiger partial charge in [-0.25, -0.2) is 0 Å². The maximum Gasteiger partial charge on any atom is 0.312 e. The summed E-state index contributed by atoms with van der Waals surface area (Å²) in [5, 5.41) is 18.8. The summed E-state index contributed by atoms with van der Waals surface area (Å²) in [5.41, 5.74) is 0. The predicted octanol–water partition coefficient (Wildman–Crippen LogP) is 1.49. The third-order valence-corrected chi connectivity index (χ3v) is 3.30. The zero-order valence-electron chi connectivity index (χ0n) is 10.8. The highest BCUT2D eigenvalue weighted by Crippen LogP contribution is 2.26. The normalized spacial score (nSPS) is 26.3. The topological polar surface area (TPSA) is 66.8 Å². The van der Waals surface area contributed by atoms with E-state index < -0.39 is 18.1 Å². The Morgan fingerprint density at radius 2 is 2.00 bits per heavy atom. The van der Waals surface area contributed by atoms with Gasteiger partial charge in [0.15, 0.2) is 0 Å². The van der Waals surface area contributed by atoms with Crippen LogP contribution in [0.1, 0.15) is 46.0 Å². The molecular formula is C13H24O4. The number of rotatable bonds is 7. The van der Waals surface area contributed by atoms with Crippen molar-refractivity contribution >= 4 is 5.97 Å². The number of cyclic esters (lactones) is 1.